The summed E-state index contributed by atoms with van der Waals surface area (Å²) in [6, 6.07) is 20.2. The molecule has 3 aromatic carbocycles. The van der Waals surface area contributed by atoms with Crippen molar-refractivity contribution in [1.29, 1.82) is 0 Å². The summed E-state index contributed by atoms with van der Waals surface area (Å²) in [5, 5.41) is 18.8. The number of morpholine rings is 1. The second kappa shape index (κ2) is 27.8. The molecule has 63 heavy (non-hydrogen) atoms. The molecule has 5 rings (SSSR count). The fraction of sp³-hybridized carbons (Fsp3) is 0.327. The van der Waals surface area contributed by atoms with Gasteiger partial charge in [0.25, 0.3) is 0 Å². The first-order valence-electron chi connectivity index (χ1n) is 21.9. The summed E-state index contributed by atoms with van der Waals surface area (Å²) < 4.78 is 17.9. The minimum Gasteiger partial charge on any atom is -0.508 e. The van der Waals surface area contributed by atoms with Crippen LogP contribution in [0, 0.1) is 5.92 Å². The second-order valence-corrected chi connectivity index (χ2v) is 15.9. The summed E-state index contributed by atoms with van der Waals surface area (Å²) in [5.41, 5.74) is 1.12. The van der Waals surface area contributed by atoms with E-state index < -0.39 is 18.1 Å². The van der Waals surface area contributed by atoms with Crippen LogP contribution in [0.15, 0.2) is 151 Å². The van der Waals surface area contributed by atoms with E-state index in [4.69, 9.17) is 14.2 Å². The highest BCUT2D eigenvalue weighted by molar-refractivity contribution is 7.17. The Hall–Kier alpha value is -6.01. The van der Waals surface area contributed by atoms with Gasteiger partial charge < -0.3 is 30.0 Å². The number of benzene rings is 3. The van der Waals surface area contributed by atoms with E-state index in [0.717, 1.165) is 75.0 Å². The molecule has 332 valence electrons. The van der Waals surface area contributed by atoms with E-state index in [1.54, 1.807) is 65.9 Å². The van der Waals surface area contributed by atoms with Gasteiger partial charge in [-0.1, -0.05) is 92.0 Å². The molecule has 0 radical (unpaired) electrons. The second-order valence-electron chi connectivity index (χ2n) is 15.0. The smallest absolute Gasteiger partial charge is 0.412 e. The Bertz CT molecular complexity index is 2180. The van der Waals surface area contributed by atoms with E-state index in [-0.39, 0.29) is 30.4 Å². The highest BCUT2D eigenvalue weighted by Crippen LogP contribution is 2.26. The number of nitrogens with one attached hydrogen (secondary N) is 2. The third-order valence-electron chi connectivity index (χ3n) is 10.2. The number of hydrogen-bond acceptors (Lipinski definition) is 9. The molecular weight excluding hydrogens is 811 g/mol. The Balaban J connectivity index is 1.18. The van der Waals surface area contributed by atoms with Crippen LogP contribution < -0.4 is 20.1 Å². The molecule has 4 aromatic rings. The Morgan fingerprint density at radius 2 is 1.40 bits per heavy atom. The van der Waals surface area contributed by atoms with Gasteiger partial charge in [0.05, 0.1) is 19.3 Å². The largest absolute Gasteiger partial charge is 0.508 e. The standard InChI is InChI=1S/C52H61N3O7S/c1-2-3-4-5-6-7-8-9-10-11-12-13-14-15-16-17-18-19-44(51(58)43-23-27-46(28-24-43)61-36-33-55-31-34-60-35-32-55)38-50(57)54-48(41-20-25-45(56)26-21-41)40-53-52(59)62-47-29-22-42-30-37-63-49(42)39-47/h3-4,6-7,9-10,12-13,15-16,18-30,37,39,44,48,56H,2,5,8,11,14,17,31-36,38,40H2,1H3,(H,53,59)(H,54,57)/b4-3-,7-6-,10-9-,13-12-,16-15-,19-18-. The molecule has 1 aliphatic heterocycles. The molecule has 0 saturated carbocycles. The third-order valence-corrected chi connectivity index (χ3v) is 11.1. The summed E-state index contributed by atoms with van der Waals surface area (Å²) in [6.45, 7) is 6.66. The Labute approximate surface area is 376 Å². The molecule has 0 spiro atoms. The molecular formula is C52H61N3O7S. The minimum absolute atomic E-state index is 0.00210. The minimum atomic E-state index is -0.758. The van der Waals surface area contributed by atoms with E-state index in [1.165, 1.54) is 12.1 Å². The van der Waals surface area contributed by atoms with Crippen molar-refractivity contribution in [2.24, 2.45) is 5.92 Å². The number of Topliss-reactive ketones (excluding diaryl/α,β-unsaturated/α-hetero) is 1. The van der Waals surface area contributed by atoms with Gasteiger partial charge in [-0.3, -0.25) is 14.5 Å². The fourth-order valence-electron chi connectivity index (χ4n) is 6.70. The van der Waals surface area contributed by atoms with E-state index in [2.05, 4.69) is 77.1 Å². The van der Waals surface area contributed by atoms with Gasteiger partial charge in [-0.15, -0.1) is 11.3 Å². The lowest BCUT2D eigenvalue weighted by Crippen LogP contribution is -2.39. The van der Waals surface area contributed by atoms with E-state index in [0.29, 0.717) is 35.7 Å². The van der Waals surface area contributed by atoms with Crippen molar-refractivity contribution in [3.8, 4) is 17.2 Å². The molecule has 2 amide bonds. The van der Waals surface area contributed by atoms with Crippen LogP contribution in [0.5, 0.6) is 17.2 Å². The highest BCUT2D eigenvalue weighted by atomic mass is 32.1. The molecule has 2 atom stereocenters. The summed E-state index contributed by atoms with van der Waals surface area (Å²) in [7, 11) is 0. The Kier molecular flexibility index (Phi) is 21.2. The maximum absolute atomic E-state index is 14.0. The van der Waals surface area contributed by atoms with Crippen LogP contribution in [0.1, 0.15) is 73.8 Å². The summed E-state index contributed by atoms with van der Waals surface area (Å²) in [4.78, 5) is 43.0. The molecule has 10 nitrogen and oxygen atoms in total. The highest BCUT2D eigenvalue weighted by Gasteiger charge is 2.24. The monoisotopic (exact) mass is 871 g/mol. The topological polar surface area (TPSA) is 126 Å². The van der Waals surface area contributed by atoms with E-state index >= 15 is 0 Å². The van der Waals surface area contributed by atoms with Crippen LogP contribution in [-0.2, 0) is 9.53 Å². The number of aromatic hydroxyl groups is 1. The van der Waals surface area contributed by atoms with Crippen molar-refractivity contribution < 1.29 is 33.7 Å². The fourth-order valence-corrected chi connectivity index (χ4v) is 7.52. The van der Waals surface area contributed by atoms with Crippen LogP contribution in [-0.4, -0.2) is 73.8 Å². The lowest BCUT2D eigenvalue weighted by molar-refractivity contribution is -0.122. The van der Waals surface area contributed by atoms with Crippen molar-refractivity contribution in [3.05, 3.63) is 162 Å². The maximum Gasteiger partial charge on any atom is 0.412 e. The molecule has 3 N–H and O–H groups in total. The number of ketones is 1. The number of thiophene rings is 1. The predicted octanol–water partition coefficient (Wildman–Crippen LogP) is 10.9. The van der Waals surface area contributed by atoms with Gasteiger partial charge in [0.1, 0.15) is 23.9 Å². The normalized spacial score (nSPS) is 14.7. The van der Waals surface area contributed by atoms with Crippen molar-refractivity contribution in [2.75, 3.05) is 46.0 Å². The number of amides is 2. The zero-order chi connectivity index (χ0) is 44.3. The predicted molar refractivity (Wildman–Crippen MR) is 255 cm³/mol. The number of nitrogens with zero attached hydrogens (tertiary/aromatic N) is 1. The van der Waals surface area contributed by atoms with Crippen LogP contribution in [0.2, 0.25) is 0 Å². The maximum atomic E-state index is 14.0. The Morgan fingerprint density at radius 1 is 0.778 bits per heavy atom. The van der Waals surface area contributed by atoms with Gasteiger partial charge >= 0.3 is 6.09 Å². The SMILES string of the molecule is CC/C=C\C/C=C\C/C=C\C/C=C\C/C=C\C/C=C\C(CC(=O)NC(CNC(=O)Oc1ccc2ccsc2c1)c1ccc(O)cc1)C(=O)c1ccc(OCCN2CCOCC2)cc1. The molecule has 1 saturated heterocycles. The van der Waals surface area contributed by atoms with Crippen molar-refractivity contribution >= 4 is 39.2 Å². The molecule has 1 fully saturated rings. The van der Waals surface area contributed by atoms with Gasteiger partial charge in [-0.25, -0.2) is 4.79 Å². The molecule has 11 heteroatoms. The molecule has 1 aliphatic rings. The number of rotatable bonds is 25. The summed E-state index contributed by atoms with van der Waals surface area (Å²) >= 11 is 1.55. The number of carbonyl (C=O) groups excluding carboxylic acids is 3. The number of allylic oxidation sites excluding steroid dienone is 12. The van der Waals surface area contributed by atoms with Crippen molar-refractivity contribution in [2.45, 2.75) is 57.9 Å². The lowest BCUT2D eigenvalue weighted by Gasteiger charge is -2.26. The molecule has 1 aromatic heterocycles. The average Bonchev–Trinajstić information content (AvgIpc) is 3.77. The number of carbonyl (C=O) groups is 3. The van der Waals surface area contributed by atoms with E-state index in [9.17, 15) is 19.5 Å². The lowest BCUT2D eigenvalue weighted by atomic mass is 9.93. The number of phenolic OH excluding ortho intramolecular Hbond substituents is 1. The summed E-state index contributed by atoms with van der Waals surface area (Å²) in [6.07, 6.45) is 29.6. The number of fused-ring (bicyclic) bond motifs is 1. The van der Waals surface area contributed by atoms with Crippen molar-refractivity contribution in [1.82, 2.24) is 15.5 Å². The van der Waals surface area contributed by atoms with Crippen LogP contribution in [0.25, 0.3) is 10.1 Å². The molecule has 0 aliphatic carbocycles. The zero-order valence-electron chi connectivity index (χ0n) is 36.2. The molecule has 2 heterocycles. The van der Waals surface area contributed by atoms with Crippen molar-refractivity contribution in [3.63, 3.8) is 0 Å². The number of ether oxygens (including phenoxy) is 3. The van der Waals surface area contributed by atoms with E-state index in [1.807, 2.05) is 29.7 Å². The van der Waals surface area contributed by atoms with Gasteiger partial charge in [0, 0.05) is 48.8 Å². The number of hydrogen-bond donors (Lipinski definition) is 3. The quantitative estimate of drug-likeness (QED) is 0.0444. The van der Waals surface area contributed by atoms with Gasteiger partial charge in [-0.2, -0.15) is 0 Å². The first kappa shape index (κ1) is 48.0. The van der Waals surface area contributed by atoms with Gasteiger partial charge in [-0.05, 0) is 116 Å². The molecule has 2 unspecified atom stereocenters. The third kappa shape index (κ3) is 18.1. The van der Waals surface area contributed by atoms with Crippen LogP contribution in [0.4, 0.5) is 4.79 Å². The zero-order valence-corrected chi connectivity index (χ0v) is 37.1. The van der Waals surface area contributed by atoms with Crippen LogP contribution in [0.3, 0.4) is 0 Å². The summed E-state index contributed by atoms with van der Waals surface area (Å²) in [5.74, 6) is -0.206. The molecule has 0 bridgehead atoms. The first-order valence-corrected chi connectivity index (χ1v) is 22.8. The average molecular weight is 872 g/mol. The van der Waals surface area contributed by atoms with Gasteiger partial charge in [0.15, 0.2) is 5.78 Å². The first-order chi connectivity index (χ1) is 30.9. The Morgan fingerprint density at radius 3 is 2.05 bits per heavy atom. The number of phenols is 1. The van der Waals surface area contributed by atoms with Gasteiger partial charge in [0.2, 0.25) is 5.91 Å². The van der Waals surface area contributed by atoms with Crippen LogP contribution >= 0.6 is 11.3 Å².